The smallest absolute Gasteiger partial charge is 0.235 e. The van der Waals surface area contributed by atoms with Crippen molar-refractivity contribution in [2.24, 2.45) is 4.99 Å². The Balaban J connectivity index is 1.91. The van der Waals surface area contributed by atoms with E-state index in [1.165, 1.54) is 0 Å². The maximum absolute atomic E-state index is 10.5. The van der Waals surface area contributed by atoms with E-state index in [4.69, 9.17) is 16.3 Å². The number of carbonyl (C=O) groups excluding carboxylic acids is 1. The van der Waals surface area contributed by atoms with Crippen LogP contribution in [0.4, 0.5) is 0 Å². The average molecular weight is 264 g/mol. The van der Waals surface area contributed by atoms with Gasteiger partial charge in [0.05, 0.1) is 12.1 Å². The van der Waals surface area contributed by atoms with E-state index in [2.05, 4.69) is 11.1 Å². The van der Waals surface area contributed by atoms with Crippen molar-refractivity contribution in [1.29, 1.82) is 0 Å². The molecule has 2 fully saturated rings. The van der Waals surface area contributed by atoms with E-state index in [0.717, 1.165) is 48.6 Å². The number of isocyanates is 1. The highest BCUT2D eigenvalue weighted by molar-refractivity contribution is 6.31. The summed E-state index contributed by atoms with van der Waals surface area (Å²) in [5.74, 6) is 0.399. The number of nitrogens with zero attached hydrogens (tertiary/aromatic N) is 1. The predicted octanol–water partition coefficient (Wildman–Crippen LogP) is 3.17. The van der Waals surface area contributed by atoms with Crippen LogP contribution >= 0.6 is 11.6 Å². The predicted molar refractivity (Wildman–Crippen MR) is 68.7 cm³/mol. The van der Waals surface area contributed by atoms with Crippen LogP contribution in [0.3, 0.4) is 0 Å². The largest absolute Gasteiger partial charge is 0.381 e. The molecule has 0 amide bonds. The molecule has 18 heavy (non-hydrogen) atoms. The molecule has 0 bridgehead atoms. The Bertz CT molecular complexity index is 513. The molecule has 1 aromatic rings. The minimum atomic E-state index is -0.337. The molecule has 94 valence electrons. The molecule has 0 aromatic heterocycles. The molecular formula is C14H14ClNO2. The summed E-state index contributed by atoms with van der Waals surface area (Å²) in [5, 5.41) is 0.760. The second kappa shape index (κ2) is 4.51. The summed E-state index contributed by atoms with van der Waals surface area (Å²) in [6, 6.07) is 6.04. The molecule has 1 saturated carbocycles. The zero-order chi connectivity index (χ0) is 12.6. The molecule has 1 heterocycles. The molecule has 1 aromatic carbocycles. The third-order valence-electron chi connectivity index (χ3n) is 3.89. The zero-order valence-corrected chi connectivity index (χ0v) is 10.7. The fourth-order valence-corrected chi connectivity index (χ4v) is 2.93. The van der Waals surface area contributed by atoms with Gasteiger partial charge < -0.3 is 4.74 Å². The van der Waals surface area contributed by atoms with Crippen molar-refractivity contribution < 1.29 is 9.53 Å². The number of halogens is 1. The van der Waals surface area contributed by atoms with Crippen molar-refractivity contribution in [1.82, 2.24) is 0 Å². The average Bonchev–Trinajstić information content (AvgIpc) is 2.95. The van der Waals surface area contributed by atoms with Gasteiger partial charge in [0.1, 0.15) is 0 Å². The van der Waals surface area contributed by atoms with Crippen LogP contribution in [-0.2, 0) is 15.1 Å². The van der Waals surface area contributed by atoms with Crippen LogP contribution in [0.1, 0.15) is 36.3 Å². The SMILES string of the molecule is O=C=NC1(c2ccc(C3CCOC3)c(Cl)c2)CC1. The summed E-state index contributed by atoms with van der Waals surface area (Å²) in [7, 11) is 0. The number of benzene rings is 1. The van der Waals surface area contributed by atoms with E-state index in [0.29, 0.717) is 5.92 Å². The van der Waals surface area contributed by atoms with E-state index < -0.39 is 0 Å². The minimum absolute atomic E-state index is 0.337. The molecule has 4 heteroatoms. The summed E-state index contributed by atoms with van der Waals surface area (Å²) in [6.07, 6.45) is 4.51. The fourth-order valence-electron chi connectivity index (χ4n) is 2.60. The first kappa shape index (κ1) is 11.9. The second-order valence-electron chi connectivity index (χ2n) is 5.03. The van der Waals surface area contributed by atoms with Gasteiger partial charge in [-0.25, -0.2) is 4.79 Å². The summed E-state index contributed by atoms with van der Waals surface area (Å²) < 4.78 is 5.39. The molecule has 2 aliphatic rings. The summed E-state index contributed by atoms with van der Waals surface area (Å²) in [6.45, 7) is 1.55. The standard InChI is InChI=1S/C14H14ClNO2/c15-13-7-11(14(4-5-14)16-9-17)1-2-12(13)10-3-6-18-8-10/h1-2,7,10H,3-6,8H2. The Morgan fingerprint density at radius 3 is 2.83 bits per heavy atom. The van der Waals surface area contributed by atoms with Crippen LogP contribution in [0.2, 0.25) is 5.02 Å². The lowest BCUT2D eigenvalue weighted by Gasteiger charge is -2.14. The lowest BCUT2D eigenvalue weighted by molar-refractivity contribution is 0.194. The first-order valence-electron chi connectivity index (χ1n) is 6.22. The van der Waals surface area contributed by atoms with Crippen LogP contribution in [0.5, 0.6) is 0 Å². The molecule has 1 atom stereocenters. The highest BCUT2D eigenvalue weighted by atomic mass is 35.5. The van der Waals surface area contributed by atoms with E-state index in [-0.39, 0.29) is 5.54 Å². The van der Waals surface area contributed by atoms with Gasteiger partial charge in [0.2, 0.25) is 6.08 Å². The van der Waals surface area contributed by atoms with E-state index >= 15 is 0 Å². The third kappa shape index (κ3) is 1.99. The number of ether oxygens (including phenoxy) is 1. The number of rotatable bonds is 3. The van der Waals surface area contributed by atoms with Crippen molar-refractivity contribution in [3.63, 3.8) is 0 Å². The molecule has 0 N–H and O–H groups in total. The third-order valence-corrected chi connectivity index (χ3v) is 4.22. The van der Waals surface area contributed by atoms with Gasteiger partial charge in [-0.1, -0.05) is 23.7 Å². The van der Waals surface area contributed by atoms with Crippen molar-refractivity contribution in [2.75, 3.05) is 13.2 Å². The normalized spacial score (nSPS) is 24.6. The first-order valence-corrected chi connectivity index (χ1v) is 6.60. The van der Waals surface area contributed by atoms with E-state index in [9.17, 15) is 4.79 Å². The van der Waals surface area contributed by atoms with Gasteiger partial charge in [-0.3, -0.25) is 0 Å². The van der Waals surface area contributed by atoms with Crippen LogP contribution in [0, 0.1) is 0 Å². The van der Waals surface area contributed by atoms with Crippen molar-refractivity contribution in [3.05, 3.63) is 34.3 Å². The number of hydrogen-bond donors (Lipinski definition) is 0. The van der Waals surface area contributed by atoms with Gasteiger partial charge in [-0.05, 0) is 36.5 Å². The highest BCUT2D eigenvalue weighted by Gasteiger charge is 2.45. The van der Waals surface area contributed by atoms with Gasteiger partial charge >= 0.3 is 0 Å². The number of hydrogen-bond acceptors (Lipinski definition) is 3. The number of aliphatic imine (C=N–C) groups is 1. The Hall–Kier alpha value is -1.15. The van der Waals surface area contributed by atoms with Gasteiger partial charge in [-0.15, -0.1) is 0 Å². The van der Waals surface area contributed by atoms with Crippen LogP contribution in [0.15, 0.2) is 23.2 Å². The molecule has 1 aliphatic heterocycles. The van der Waals surface area contributed by atoms with Crippen molar-refractivity contribution >= 4 is 17.7 Å². The lowest BCUT2D eigenvalue weighted by Crippen LogP contribution is -2.04. The van der Waals surface area contributed by atoms with Crippen LogP contribution in [-0.4, -0.2) is 19.3 Å². The molecule has 3 rings (SSSR count). The van der Waals surface area contributed by atoms with Crippen LogP contribution < -0.4 is 0 Å². The first-order chi connectivity index (χ1) is 8.75. The summed E-state index contributed by atoms with van der Waals surface area (Å²) >= 11 is 6.35. The Morgan fingerprint density at radius 2 is 2.28 bits per heavy atom. The Morgan fingerprint density at radius 1 is 1.44 bits per heavy atom. The van der Waals surface area contributed by atoms with Crippen molar-refractivity contribution in [2.45, 2.75) is 30.7 Å². The van der Waals surface area contributed by atoms with Crippen LogP contribution in [0.25, 0.3) is 0 Å². The highest BCUT2D eigenvalue weighted by Crippen LogP contribution is 2.50. The quantitative estimate of drug-likeness (QED) is 0.621. The topological polar surface area (TPSA) is 38.7 Å². The Kier molecular flexibility index (Phi) is 2.98. The molecule has 0 spiro atoms. The van der Waals surface area contributed by atoms with Gasteiger partial charge in [0, 0.05) is 17.5 Å². The monoisotopic (exact) mass is 263 g/mol. The molecule has 3 nitrogen and oxygen atoms in total. The summed E-state index contributed by atoms with van der Waals surface area (Å²) in [5.41, 5.74) is 1.83. The van der Waals surface area contributed by atoms with Gasteiger partial charge in [0.25, 0.3) is 0 Å². The molecular weight excluding hydrogens is 250 g/mol. The summed E-state index contributed by atoms with van der Waals surface area (Å²) in [4.78, 5) is 14.4. The molecule has 1 saturated heterocycles. The molecule has 1 unspecified atom stereocenters. The Labute approximate surface area is 111 Å². The van der Waals surface area contributed by atoms with Crippen molar-refractivity contribution in [3.8, 4) is 0 Å². The lowest BCUT2D eigenvalue weighted by atomic mass is 9.95. The molecule has 0 radical (unpaired) electrons. The van der Waals surface area contributed by atoms with Gasteiger partial charge in [-0.2, -0.15) is 4.99 Å². The van der Waals surface area contributed by atoms with E-state index in [1.54, 1.807) is 6.08 Å². The van der Waals surface area contributed by atoms with E-state index in [1.807, 2.05) is 12.1 Å². The zero-order valence-electron chi connectivity index (χ0n) is 9.99. The molecule has 1 aliphatic carbocycles. The minimum Gasteiger partial charge on any atom is -0.381 e. The maximum atomic E-state index is 10.5. The van der Waals surface area contributed by atoms with Gasteiger partial charge in [0.15, 0.2) is 0 Å². The fraction of sp³-hybridized carbons (Fsp3) is 0.500. The second-order valence-corrected chi connectivity index (χ2v) is 5.44. The maximum Gasteiger partial charge on any atom is 0.235 e.